The van der Waals surface area contributed by atoms with E-state index in [9.17, 15) is 9.59 Å². The van der Waals surface area contributed by atoms with Gasteiger partial charge in [-0.2, -0.15) is 0 Å². The Kier molecular flexibility index (Phi) is 2.79. The predicted molar refractivity (Wildman–Crippen MR) is 103 cm³/mol. The van der Waals surface area contributed by atoms with Gasteiger partial charge >= 0.3 is 0 Å². The monoisotopic (exact) mass is 355 g/mol. The van der Waals surface area contributed by atoms with E-state index in [1.807, 2.05) is 36.5 Å². The largest absolute Gasteiger partial charge is 0.361 e. The highest BCUT2D eigenvalue weighted by molar-refractivity contribution is 6.13. The number of aryl methyl sites for hydroxylation is 2. The first kappa shape index (κ1) is 14.8. The minimum absolute atomic E-state index is 0.208. The van der Waals surface area contributed by atoms with Crippen LogP contribution in [0.2, 0.25) is 0 Å². The lowest BCUT2D eigenvalue weighted by Gasteiger charge is -2.15. The van der Waals surface area contributed by atoms with Crippen LogP contribution >= 0.6 is 0 Å². The Hall–Kier alpha value is -3.34. The Labute approximate surface area is 155 Å². The van der Waals surface area contributed by atoms with Gasteiger partial charge in [0.25, 0.3) is 0 Å². The van der Waals surface area contributed by atoms with Gasteiger partial charge in [-0.15, -0.1) is 0 Å². The van der Waals surface area contributed by atoms with Crippen LogP contribution in [0.4, 0.5) is 0 Å². The van der Waals surface area contributed by atoms with E-state index in [2.05, 4.69) is 33.2 Å². The molecule has 132 valence electrons. The van der Waals surface area contributed by atoms with Crippen LogP contribution in [0.25, 0.3) is 21.8 Å². The van der Waals surface area contributed by atoms with E-state index in [0.29, 0.717) is 0 Å². The molecule has 0 spiro atoms. The smallest absolute Gasteiger partial charge is 0.235 e. The van der Waals surface area contributed by atoms with E-state index in [1.54, 1.807) is 0 Å². The van der Waals surface area contributed by atoms with Gasteiger partial charge < -0.3 is 9.55 Å². The summed E-state index contributed by atoms with van der Waals surface area (Å²) in [5, 5.41) is 4.66. The second kappa shape index (κ2) is 5.10. The molecule has 2 aromatic heterocycles. The number of amides is 2. The third-order valence-corrected chi connectivity index (χ3v) is 6.07. The molecule has 0 unspecified atom stereocenters. The van der Waals surface area contributed by atoms with Crippen molar-refractivity contribution in [1.82, 2.24) is 14.9 Å². The number of H-pyrrole nitrogens is 1. The molecule has 1 saturated heterocycles. The maximum Gasteiger partial charge on any atom is 0.235 e. The molecule has 0 bridgehead atoms. The standard InChI is InChI=1S/C22H17N3O2/c26-21-18(15-10-23-17-7-2-1-5-13(15)17)19(22(27)24-21)16-11-25-9-8-12-4-3-6-14(16)20(12)25/h1-7,10-11,18-19,23H,8-9H2,(H,24,26,27)/t18-,19-/m1/s1. The van der Waals surface area contributed by atoms with Crippen LogP contribution in [0.1, 0.15) is 28.5 Å². The van der Waals surface area contributed by atoms with Gasteiger partial charge in [-0.25, -0.2) is 0 Å². The van der Waals surface area contributed by atoms with Crippen molar-refractivity contribution in [3.05, 3.63) is 71.5 Å². The zero-order chi connectivity index (χ0) is 18.1. The first-order valence-corrected chi connectivity index (χ1v) is 9.24. The maximum absolute atomic E-state index is 12.8. The quantitative estimate of drug-likeness (QED) is 0.542. The van der Waals surface area contributed by atoms with E-state index in [0.717, 1.165) is 40.4 Å². The third kappa shape index (κ3) is 1.88. The Morgan fingerprint density at radius 3 is 2.56 bits per heavy atom. The average Bonchev–Trinajstić information content (AvgIpc) is 3.41. The number of imide groups is 1. The average molecular weight is 355 g/mol. The van der Waals surface area contributed by atoms with E-state index < -0.39 is 11.8 Å². The molecule has 2 aliphatic rings. The number of nitrogens with zero attached hydrogens (tertiary/aromatic N) is 1. The Morgan fingerprint density at radius 1 is 0.889 bits per heavy atom. The Morgan fingerprint density at radius 2 is 1.67 bits per heavy atom. The minimum Gasteiger partial charge on any atom is -0.361 e. The van der Waals surface area contributed by atoms with E-state index in [4.69, 9.17) is 0 Å². The molecule has 4 aromatic rings. The van der Waals surface area contributed by atoms with E-state index in [-0.39, 0.29) is 11.8 Å². The topological polar surface area (TPSA) is 66.9 Å². The van der Waals surface area contributed by atoms with Crippen LogP contribution in [0.5, 0.6) is 0 Å². The summed E-state index contributed by atoms with van der Waals surface area (Å²) in [5.41, 5.74) is 5.33. The highest BCUT2D eigenvalue weighted by Gasteiger charge is 2.45. The molecule has 2 amide bonds. The molecule has 4 heterocycles. The molecule has 2 aliphatic heterocycles. The summed E-state index contributed by atoms with van der Waals surface area (Å²) < 4.78 is 2.22. The zero-order valence-electron chi connectivity index (χ0n) is 14.5. The number of benzene rings is 2. The fourth-order valence-electron chi connectivity index (χ4n) is 4.90. The summed E-state index contributed by atoms with van der Waals surface area (Å²) >= 11 is 0. The zero-order valence-corrected chi connectivity index (χ0v) is 14.5. The van der Waals surface area contributed by atoms with Crippen LogP contribution in [0, 0.1) is 0 Å². The highest BCUT2D eigenvalue weighted by Crippen LogP contribution is 2.44. The van der Waals surface area contributed by atoms with E-state index >= 15 is 0 Å². The number of aromatic amines is 1. The lowest BCUT2D eigenvalue weighted by atomic mass is 9.83. The van der Waals surface area contributed by atoms with Crippen molar-refractivity contribution in [2.45, 2.75) is 24.8 Å². The van der Waals surface area contributed by atoms with Crippen molar-refractivity contribution >= 4 is 33.6 Å². The van der Waals surface area contributed by atoms with E-state index in [1.165, 1.54) is 11.1 Å². The first-order chi connectivity index (χ1) is 13.2. The molecule has 2 atom stereocenters. The lowest BCUT2D eigenvalue weighted by molar-refractivity contribution is -0.125. The van der Waals surface area contributed by atoms with Crippen molar-refractivity contribution in [3.8, 4) is 0 Å². The van der Waals surface area contributed by atoms with Gasteiger partial charge in [0.2, 0.25) is 11.8 Å². The van der Waals surface area contributed by atoms with Crippen LogP contribution in [-0.2, 0) is 22.6 Å². The lowest BCUT2D eigenvalue weighted by Crippen LogP contribution is -2.21. The van der Waals surface area contributed by atoms with Crippen molar-refractivity contribution in [1.29, 1.82) is 0 Å². The molecule has 5 heteroatoms. The predicted octanol–water partition coefficient (Wildman–Crippen LogP) is 3.20. The van der Waals surface area contributed by atoms with Gasteiger partial charge in [-0.1, -0.05) is 36.4 Å². The van der Waals surface area contributed by atoms with Crippen LogP contribution in [0.15, 0.2) is 54.9 Å². The molecule has 1 fully saturated rings. The summed E-state index contributed by atoms with van der Waals surface area (Å²) in [6, 6.07) is 14.2. The van der Waals surface area contributed by atoms with Crippen molar-refractivity contribution in [3.63, 3.8) is 0 Å². The number of carbonyl (C=O) groups is 2. The van der Waals surface area contributed by atoms with Gasteiger partial charge in [0, 0.05) is 35.2 Å². The molecule has 0 aliphatic carbocycles. The summed E-state index contributed by atoms with van der Waals surface area (Å²) in [6.45, 7) is 0.926. The fourth-order valence-corrected chi connectivity index (χ4v) is 4.90. The summed E-state index contributed by atoms with van der Waals surface area (Å²) in [5.74, 6) is -1.45. The summed E-state index contributed by atoms with van der Waals surface area (Å²) in [6.07, 6.45) is 4.97. The summed E-state index contributed by atoms with van der Waals surface area (Å²) in [4.78, 5) is 28.9. The molecule has 0 radical (unpaired) electrons. The van der Waals surface area contributed by atoms with Gasteiger partial charge in [0.1, 0.15) is 0 Å². The first-order valence-electron chi connectivity index (χ1n) is 9.24. The molecular formula is C22H17N3O2. The molecule has 2 aromatic carbocycles. The summed E-state index contributed by atoms with van der Waals surface area (Å²) in [7, 11) is 0. The van der Waals surface area contributed by atoms with Crippen molar-refractivity contribution in [2.24, 2.45) is 0 Å². The SMILES string of the molecule is O=C1NC(=O)[C@H](c2cn3c4c(cccc24)CC3)[C@H]1c1c[nH]c2ccccc12. The molecular weight excluding hydrogens is 338 g/mol. The van der Waals surface area contributed by atoms with Crippen LogP contribution < -0.4 is 5.32 Å². The molecule has 5 nitrogen and oxygen atoms in total. The van der Waals surface area contributed by atoms with Crippen molar-refractivity contribution < 1.29 is 9.59 Å². The number of hydrogen-bond acceptors (Lipinski definition) is 2. The number of rotatable bonds is 2. The number of fused-ring (bicyclic) bond motifs is 1. The number of nitrogens with one attached hydrogen (secondary N) is 2. The normalized spacial score (nSPS) is 21.5. The van der Waals surface area contributed by atoms with Gasteiger partial charge in [0.15, 0.2) is 0 Å². The molecule has 0 saturated carbocycles. The minimum atomic E-state index is -0.518. The number of carbonyl (C=O) groups excluding carboxylic acids is 2. The van der Waals surface area contributed by atoms with Crippen LogP contribution in [-0.4, -0.2) is 21.4 Å². The van der Waals surface area contributed by atoms with Gasteiger partial charge in [-0.3, -0.25) is 14.9 Å². The number of hydrogen-bond donors (Lipinski definition) is 2. The molecule has 2 N–H and O–H groups in total. The number of para-hydroxylation sites is 2. The fraction of sp³-hybridized carbons (Fsp3) is 0.182. The van der Waals surface area contributed by atoms with Crippen molar-refractivity contribution in [2.75, 3.05) is 0 Å². The number of aromatic nitrogens is 2. The molecule has 6 rings (SSSR count). The van der Waals surface area contributed by atoms with Crippen LogP contribution in [0.3, 0.4) is 0 Å². The second-order valence-electron chi connectivity index (χ2n) is 7.44. The Balaban J connectivity index is 1.58. The second-order valence-corrected chi connectivity index (χ2v) is 7.44. The molecule has 27 heavy (non-hydrogen) atoms. The van der Waals surface area contributed by atoms with Gasteiger partial charge in [0.05, 0.1) is 17.4 Å². The maximum atomic E-state index is 12.8. The Bertz CT molecular complexity index is 1260. The highest BCUT2D eigenvalue weighted by atomic mass is 16.2. The van der Waals surface area contributed by atoms with Gasteiger partial charge in [-0.05, 0) is 29.2 Å². The third-order valence-electron chi connectivity index (χ3n) is 6.07.